The lowest BCUT2D eigenvalue weighted by atomic mass is 10.0. The van der Waals surface area contributed by atoms with Gasteiger partial charge in [0.05, 0.1) is 6.61 Å². The second-order valence-corrected chi connectivity index (χ2v) is 7.36. The largest absolute Gasteiger partial charge is 0.462 e. The van der Waals surface area contributed by atoms with Crippen molar-refractivity contribution in [1.82, 2.24) is 0 Å². The average molecular weight is 354 g/mol. The van der Waals surface area contributed by atoms with E-state index >= 15 is 0 Å². The third-order valence-electron chi connectivity index (χ3n) is 4.59. The number of rotatable bonds is 18. The van der Waals surface area contributed by atoms with E-state index < -0.39 is 0 Å². The number of allylic oxidation sites excluding steroid dienone is 1. The van der Waals surface area contributed by atoms with Gasteiger partial charge in [-0.15, -0.1) is 0 Å². The molecule has 0 amide bonds. The maximum atomic E-state index is 11.2. The molecule has 0 saturated carbocycles. The lowest BCUT2D eigenvalue weighted by Gasteiger charge is -2.04. The third-order valence-corrected chi connectivity index (χ3v) is 4.59. The Kier molecular flexibility index (Phi) is 18.6. The molecule has 0 bridgehead atoms. The molecule has 0 unspecified atom stereocenters. The molecule has 3 nitrogen and oxygen atoms in total. The predicted molar refractivity (Wildman–Crippen MR) is 108 cm³/mol. The highest BCUT2D eigenvalue weighted by Crippen LogP contribution is 2.13. The van der Waals surface area contributed by atoms with E-state index in [9.17, 15) is 4.79 Å². The fourth-order valence-electron chi connectivity index (χ4n) is 3.05. The molecule has 3 heteroatoms. The Morgan fingerprint density at radius 2 is 1.08 bits per heavy atom. The smallest absolute Gasteiger partial charge is 0.332 e. The van der Waals surface area contributed by atoms with E-state index in [1.54, 1.807) is 6.92 Å². The third kappa shape index (κ3) is 21.0. The first-order chi connectivity index (χ1) is 12.2. The zero-order valence-corrected chi connectivity index (χ0v) is 17.0. The molecule has 2 N–H and O–H groups in total. The molecule has 0 aliphatic heterocycles. The summed E-state index contributed by atoms with van der Waals surface area (Å²) >= 11 is 0. The van der Waals surface area contributed by atoms with Gasteiger partial charge >= 0.3 is 5.97 Å². The van der Waals surface area contributed by atoms with Gasteiger partial charge in [-0.25, -0.2) is 4.79 Å². The van der Waals surface area contributed by atoms with Crippen LogP contribution in [0.25, 0.3) is 0 Å². The van der Waals surface area contributed by atoms with Crippen molar-refractivity contribution in [1.29, 1.82) is 0 Å². The number of carbonyl (C=O) groups excluding carboxylic acids is 1. The summed E-state index contributed by atoms with van der Waals surface area (Å²) in [7, 11) is 0. The Balaban J connectivity index is 3.10. The normalized spacial score (nSPS) is 11.7. The fourth-order valence-corrected chi connectivity index (χ4v) is 3.05. The molecule has 148 valence electrons. The highest BCUT2D eigenvalue weighted by molar-refractivity contribution is 5.82. The van der Waals surface area contributed by atoms with Crippen LogP contribution in [0.15, 0.2) is 11.8 Å². The highest BCUT2D eigenvalue weighted by atomic mass is 16.5. The van der Waals surface area contributed by atoms with Crippen molar-refractivity contribution in [3.05, 3.63) is 11.8 Å². The summed E-state index contributed by atoms with van der Waals surface area (Å²) in [5.74, 6) is -0.319. The van der Waals surface area contributed by atoms with Crippen LogP contribution in [0.4, 0.5) is 0 Å². The molecule has 0 saturated heterocycles. The number of esters is 1. The van der Waals surface area contributed by atoms with Crippen LogP contribution in [0.1, 0.15) is 117 Å². The Morgan fingerprint density at radius 3 is 1.44 bits per heavy atom. The van der Waals surface area contributed by atoms with Gasteiger partial charge in [-0.05, 0) is 13.3 Å². The minimum atomic E-state index is -0.319. The molecule has 0 fully saturated rings. The lowest BCUT2D eigenvalue weighted by molar-refractivity contribution is -0.137. The summed E-state index contributed by atoms with van der Waals surface area (Å²) in [5, 5.41) is 0. The summed E-state index contributed by atoms with van der Waals surface area (Å²) in [6, 6.07) is 0. The maximum Gasteiger partial charge on any atom is 0.332 e. The Labute approximate surface area is 156 Å². The number of nitrogens with two attached hydrogens (primary N) is 1. The summed E-state index contributed by atoms with van der Waals surface area (Å²) in [6.45, 7) is 4.48. The zero-order chi connectivity index (χ0) is 18.6. The van der Waals surface area contributed by atoms with Crippen molar-refractivity contribution in [2.75, 3.05) is 6.61 Å². The van der Waals surface area contributed by atoms with Gasteiger partial charge in [0.1, 0.15) is 0 Å². The standard InChI is InChI=1S/C22H43NO2/c1-3-4-5-6-7-8-9-10-11-12-13-14-15-16-17-18-19-25-22(24)20-21(2)23/h20H,3-19,23H2,1-2H3/b21-20-. The monoisotopic (exact) mass is 353 g/mol. The Bertz CT molecular complexity index is 322. The van der Waals surface area contributed by atoms with Gasteiger partial charge in [0.25, 0.3) is 0 Å². The van der Waals surface area contributed by atoms with Crippen LogP contribution in [-0.2, 0) is 9.53 Å². The number of hydrogen-bond donors (Lipinski definition) is 1. The van der Waals surface area contributed by atoms with Gasteiger partial charge in [-0.2, -0.15) is 0 Å². The van der Waals surface area contributed by atoms with Crippen LogP contribution in [-0.4, -0.2) is 12.6 Å². The van der Waals surface area contributed by atoms with Gasteiger partial charge in [0, 0.05) is 11.8 Å². The predicted octanol–water partition coefficient (Wildman–Crippen LogP) is 6.65. The summed E-state index contributed by atoms with van der Waals surface area (Å²) in [5.41, 5.74) is 5.92. The van der Waals surface area contributed by atoms with Crippen LogP contribution in [0, 0.1) is 0 Å². The minimum absolute atomic E-state index is 0.319. The van der Waals surface area contributed by atoms with Gasteiger partial charge in [-0.3, -0.25) is 0 Å². The van der Waals surface area contributed by atoms with Gasteiger partial charge < -0.3 is 10.5 Å². The van der Waals surface area contributed by atoms with Crippen molar-refractivity contribution in [2.24, 2.45) is 5.73 Å². The van der Waals surface area contributed by atoms with Crippen molar-refractivity contribution in [3.8, 4) is 0 Å². The average Bonchev–Trinajstić information content (AvgIpc) is 2.57. The van der Waals surface area contributed by atoms with Crippen LogP contribution in [0.5, 0.6) is 0 Å². The van der Waals surface area contributed by atoms with Crippen molar-refractivity contribution >= 4 is 5.97 Å². The Morgan fingerprint density at radius 1 is 0.720 bits per heavy atom. The van der Waals surface area contributed by atoms with E-state index in [4.69, 9.17) is 10.5 Å². The molecular weight excluding hydrogens is 310 g/mol. The molecule has 0 atom stereocenters. The molecule has 0 heterocycles. The van der Waals surface area contributed by atoms with E-state index in [0.717, 1.165) is 12.8 Å². The summed E-state index contributed by atoms with van der Waals surface area (Å²) in [4.78, 5) is 11.2. The number of hydrogen-bond acceptors (Lipinski definition) is 3. The van der Waals surface area contributed by atoms with E-state index in [1.807, 2.05) is 0 Å². The zero-order valence-electron chi connectivity index (χ0n) is 17.0. The van der Waals surface area contributed by atoms with Crippen LogP contribution < -0.4 is 5.73 Å². The molecule has 0 radical (unpaired) electrons. The van der Waals surface area contributed by atoms with E-state index in [2.05, 4.69) is 6.92 Å². The lowest BCUT2D eigenvalue weighted by Crippen LogP contribution is -2.05. The molecule has 0 aliphatic rings. The molecule has 0 rings (SSSR count). The molecular formula is C22H43NO2. The van der Waals surface area contributed by atoms with Gasteiger partial charge in [-0.1, -0.05) is 103 Å². The first-order valence-electron chi connectivity index (χ1n) is 10.8. The van der Waals surface area contributed by atoms with Crippen LogP contribution >= 0.6 is 0 Å². The highest BCUT2D eigenvalue weighted by Gasteiger charge is 1.98. The maximum absolute atomic E-state index is 11.2. The summed E-state index contributed by atoms with van der Waals surface area (Å²) < 4.78 is 5.08. The first kappa shape index (κ1) is 24.0. The van der Waals surface area contributed by atoms with Crippen LogP contribution in [0.2, 0.25) is 0 Å². The summed E-state index contributed by atoms with van der Waals surface area (Å²) in [6.07, 6.45) is 22.9. The van der Waals surface area contributed by atoms with Crippen molar-refractivity contribution in [2.45, 2.75) is 117 Å². The minimum Gasteiger partial charge on any atom is -0.462 e. The van der Waals surface area contributed by atoms with E-state index in [-0.39, 0.29) is 5.97 Å². The fraction of sp³-hybridized carbons (Fsp3) is 0.864. The molecule has 0 aliphatic carbocycles. The molecule has 25 heavy (non-hydrogen) atoms. The van der Waals surface area contributed by atoms with Crippen molar-refractivity contribution < 1.29 is 9.53 Å². The second-order valence-electron chi connectivity index (χ2n) is 7.36. The molecule has 0 aromatic carbocycles. The molecule has 0 spiro atoms. The van der Waals surface area contributed by atoms with Gasteiger partial charge in [0.2, 0.25) is 0 Å². The number of unbranched alkanes of at least 4 members (excludes halogenated alkanes) is 15. The van der Waals surface area contributed by atoms with Crippen LogP contribution in [0.3, 0.4) is 0 Å². The SMILES string of the molecule is CCCCCCCCCCCCCCCCCCOC(=O)/C=C(/C)N. The first-order valence-corrected chi connectivity index (χ1v) is 10.8. The molecule has 0 aromatic heterocycles. The number of carbonyl (C=O) groups is 1. The van der Waals surface area contributed by atoms with E-state index in [0.29, 0.717) is 12.3 Å². The topological polar surface area (TPSA) is 52.3 Å². The van der Waals surface area contributed by atoms with Gasteiger partial charge in [0.15, 0.2) is 0 Å². The molecule has 0 aromatic rings. The second kappa shape index (κ2) is 19.3. The number of ether oxygens (including phenoxy) is 1. The Hall–Kier alpha value is -0.990. The van der Waals surface area contributed by atoms with E-state index in [1.165, 1.54) is 96.0 Å². The quantitative estimate of drug-likeness (QED) is 0.170. The van der Waals surface area contributed by atoms with Crippen molar-refractivity contribution in [3.63, 3.8) is 0 Å².